The first-order valence-corrected chi connectivity index (χ1v) is 43.0. The molecule has 0 aliphatic carbocycles. The summed E-state index contributed by atoms with van der Waals surface area (Å²) in [6.45, 7) is 20.4. The van der Waals surface area contributed by atoms with Gasteiger partial charge in [0.15, 0.2) is 34.1 Å². The third kappa shape index (κ3) is 34.7. The Hall–Kier alpha value is -19.2. The Kier molecular flexibility index (Phi) is 41.5. The van der Waals surface area contributed by atoms with Gasteiger partial charge in [0.05, 0.1) is 78.8 Å². The van der Waals surface area contributed by atoms with E-state index in [1.807, 2.05) is 0 Å². The quantitative estimate of drug-likeness (QED) is 0.00962. The molecule has 8 aromatic carbocycles. The van der Waals surface area contributed by atoms with Gasteiger partial charge >= 0.3 is 0 Å². The highest BCUT2D eigenvalue weighted by Crippen LogP contribution is 2.43. The van der Waals surface area contributed by atoms with E-state index in [0.29, 0.717) is 12.8 Å². The van der Waals surface area contributed by atoms with E-state index < -0.39 is 262 Å². The Morgan fingerprint density at radius 1 is 0.212 bits per heavy atom. The number of anilines is 6. The first kappa shape index (κ1) is 117. The summed E-state index contributed by atoms with van der Waals surface area (Å²) in [7, 11) is 0. The standard InChI is InChI=1S/2C22H27N7O9.2C20H22N6O9/c2*1-22(2,3)25-21(30)14(24-20-17(28(35)36)11-7-12-18(20)29(37)38)8-4-5-13-23-19-15(26(31)32)9-6-10-16(19)27(33)34;2*1-20(2,3)22-19(27)13(21-18-16(25(32)33)8-5-9-17(18)26(34)35)11-10-12-14(23(28)29)6-4-7-15(12)24(30)31/h2*6-7,9-12,14,23-24H,4-5,8,13H2,1-3H3,(H,25,30);2*4-9,13,21H,10-11H2,1-3H3,(H,22,27)/t2*14-;2*13-/m0000/s1. The maximum atomic E-state index is 13.0. The SMILES string of the molecule is CC(C)(C)NC(=O)[C@H](CCCCNc1c([N+](=O)[O-])cccc1[N+](=O)[O-])Nc1c([N+](=O)[O-])cccc1[N+](=O)[O-].CC(C)(C)NC(=O)[C@H](CCCCNc1c([N+](=O)[O-])cccc1[N+](=O)[O-])Nc1c([N+](=O)[O-])cccc1[N+](=O)[O-].CC(C)(C)NC(=O)[C@H](CCc1c([N+](=O)[O-])cccc1[N+](=O)[O-])Nc1c([N+](=O)[O-])cccc1[N+](=O)[O-].CC(C)(C)NC(=O)[C@H](CCc1c([N+](=O)[O-])cccc1[N+](=O)[O-])Nc1c([N+](=O)[O-])cccc1[N+](=O)[O-]. The van der Waals surface area contributed by atoms with Crippen molar-refractivity contribution in [3.63, 3.8) is 0 Å². The number of nitrogens with one attached hydrogen (secondary N) is 10. The molecular formula is C84H98N26O36. The molecule has 0 aromatic heterocycles. The first-order valence-electron chi connectivity index (χ1n) is 43.0. The Morgan fingerprint density at radius 3 is 0.493 bits per heavy atom. The second-order valence-corrected chi connectivity index (χ2v) is 35.4. The maximum absolute atomic E-state index is 13.0. The number of amides is 4. The Labute approximate surface area is 822 Å². The molecule has 0 unspecified atom stereocenters. The van der Waals surface area contributed by atoms with Crippen LogP contribution >= 0.6 is 0 Å². The van der Waals surface area contributed by atoms with E-state index in [-0.39, 0.29) is 87.0 Å². The molecule has 62 nitrogen and oxygen atoms in total. The molecule has 780 valence electrons. The number of hydrogen-bond acceptors (Lipinski definition) is 42. The number of nitrogens with zero attached hydrogens (tertiary/aromatic N) is 16. The average molecular weight is 2050 g/mol. The number of nitro benzene ring substituents is 16. The second-order valence-electron chi connectivity index (χ2n) is 35.4. The molecule has 0 spiro atoms. The van der Waals surface area contributed by atoms with Crippen molar-refractivity contribution in [2.75, 3.05) is 45.0 Å². The van der Waals surface area contributed by atoms with Crippen molar-refractivity contribution in [3.05, 3.63) is 319 Å². The number of rotatable bonds is 46. The van der Waals surface area contributed by atoms with Crippen molar-refractivity contribution >= 4 is 149 Å². The van der Waals surface area contributed by atoms with Crippen molar-refractivity contribution in [3.8, 4) is 0 Å². The molecule has 0 fully saturated rings. The predicted molar refractivity (Wildman–Crippen MR) is 521 cm³/mol. The summed E-state index contributed by atoms with van der Waals surface area (Å²) in [5.41, 5.74) is -14.7. The van der Waals surface area contributed by atoms with Crippen LogP contribution in [0.1, 0.15) is 146 Å². The fraction of sp³-hybridized carbons (Fsp3) is 0.381. The summed E-state index contributed by atoms with van der Waals surface area (Å²) in [6, 6.07) is 21.5. The van der Waals surface area contributed by atoms with Crippen LogP contribution in [0.15, 0.2) is 146 Å². The summed E-state index contributed by atoms with van der Waals surface area (Å²) < 4.78 is 0. The van der Waals surface area contributed by atoms with Gasteiger partial charge in [-0.05, 0) is 196 Å². The van der Waals surface area contributed by atoms with E-state index in [9.17, 15) is 181 Å². The van der Waals surface area contributed by atoms with Crippen LogP contribution in [-0.4, -0.2) is 162 Å². The molecule has 146 heavy (non-hydrogen) atoms. The van der Waals surface area contributed by atoms with Gasteiger partial charge in [-0.25, -0.2) is 0 Å². The summed E-state index contributed by atoms with van der Waals surface area (Å²) in [5, 5.41) is 209. The molecule has 0 radical (unpaired) electrons. The molecule has 0 bridgehead atoms. The molecule has 8 rings (SSSR count). The van der Waals surface area contributed by atoms with E-state index >= 15 is 0 Å². The van der Waals surface area contributed by atoms with Crippen molar-refractivity contribution in [1.82, 2.24) is 21.3 Å². The van der Waals surface area contributed by atoms with Gasteiger partial charge in [-0.2, -0.15) is 0 Å². The molecular weight excluding hydrogens is 1950 g/mol. The van der Waals surface area contributed by atoms with Crippen LogP contribution in [-0.2, 0) is 32.0 Å². The van der Waals surface area contributed by atoms with Crippen molar-refractivity contribution in [2.45, 2.75) is 194 Å². The van der Waals surface area contributed by atoms with Gasteiger partial charge in [-0.15, -0.1) is 0 Å². The molecule has 0 aliphatic heterocycles. The maximum Gasteiger partial charge on any atom is 0.299 e. The lowest BCUT2D eigenvalue weighted by atomic mass is 9.99. The summed E-state index contributed by atoms with van der Waals surface area (Å²) in [6.07, 6.45) is -0.0120. The van der Waals surface area contributed by atoms with Crippen molar-refractivity contribution < 1.29 is 98.0 Å². The van der Waals surface area contributed by atoms with E-state index in [4.69, 9.17) is 0 Å². The number of para-hydroxylation sites is 6. The zero-order valence-electron chi connectivity index (χ0n) is 79.5. The lowest BCUT2D eigenvalue weighted by Gasteiger charge is -2.26. The largest absolute Gasteiger partial charge is 0.374 e. The van der Waals surface area contributed by atoms with E-state index in [1.165, 1.54) is 24.3 Å². The fourth-order valence-electron chi connectivity index (χ4n) is 13.8. The van der Waals surface area contributed by atoms with Gasteiger partial charge in [-0.1, -0.05) is 0 Å². The van der Waals surface area contributed by atoms with Gasteiger partial charge < -0.3 is 53.2 Å². The van der Waals surface area contributed by atoms with Crippen LogP contribution in [0.4, 0.5) is 125 Å². The molecule has 62 heteroatoms. The van der Waals surface area contributed by atoms with Crippen molar-refractivity contribution in [1.29, 1.82) is 0 Å². The minimum Gasteiger partial charge on any atom is -0.374 e. The van der Waals surface area contributed by atoms with E-state index in [2.05, 4.69) is 53.2 Å². The normalized spacial score (nSPS) is 11.8. The molecule has 0 saturated carbocycles. The number of unbranched alkanes of at least 4 members (excludes halogenated alkanes) is 2. The zero-order chi connectivity index (χ0) is 110. The first-order chi connectivity index (χ1) is 67.9. The third-order valence-electron chi connectivity index (χ3n) is 19.9. The molecule has 4 amide bonds. The highest BCUT2D eigenvalue weighted by atomic mass is 16.7. The molecule has 10 N–H and O–H groups in total. The van der Waals surface area contributed by atoms with E-state index in [0.717, 1.165) is 121 Å². The van der Waals surface area contributed by atoms with Crippen LogP contribution in [0.3, 0.4) is 0 Å². The minimum absolute atomic E-state index is 0.0743. The van der Waals surface area contributed by atoms with Gasteiger partial charge in [0, 0.05) is 132 Å². The highest BCUT2D eigenvalue weighted by molar-refractivity contribution is 5.91. The second kappa shape index (κ2) is 51.7. The number of nitro groups is 16. The van der Waals surface area contributed by atoms with E-state index in [1.54, 1.807) is 83.1 Å². The molecule has 0 saturated heterocycles. The monoisotopic (exact) mass is 2050 g/mol. The summed E-state index contributed by atoms with van der Waals surface area (Å²) in [5.74, 6) is -2.53. The lowest BCUT2D eigenvalue weighted by Crippen LogP contribution is -2.48. The lowest BCUT2D eigenvalue weighted by molar-refractivity contribution is -0.395. The molecule has 0 heterocycles. The van der Waals surface area contributed by atoms with Crippen LogP contribution in [0.5, 0.6) is 0 Å². The van der Waals surface area contributed by atoms with Crippen LogP contribution < -0.4 is 53.2 Å². The summed E-state index contributed by atoms with van der Waals surface area (Å²) in [4.78, 5) is 222. The number of carbonyl (C=O) groups is 4. The van der Waals surface area contributed by atoms with Gasteiger partial charge in [0.25, 0.3) is 91.0 Å². The number of carbonyl (C=O) groups excluding carboxylic acids is 4. The topological polar surface area (TPSA) is 879 Å². The Bertz CT molecular complexity index is 5740. The zero-order valence-corrected chi connectivity index (χ0v) is 79.5. The number of benzene rings is 8. The Balaban J connectivity index is 0.000000343. The van der Waals surface area contributed by atoms with Gasteiger partial charge in [-0.3, -0.25) is 181 Å². The third-order valence-corrected chi connectivity index (χ3v) is 19.9. The number of hydrogen-bond donors (Lipinski definition) is 10. The predicted octanol–water partition coefficient (Wildman–Crippen LogP) is 15.9. The fourth-order valence-corrected chi connectivity index (χ4v) is 13.8. The van der Waals surface area contributed by atoms with Crippen LogP contribution in [0, 0.1) is 162 Å². The van der Waals surface area contributed by atoms with Crippen LogP contribution in [0.2, 0.25) is 0 Å². The smallest absolute Gasteiger partial charge is 0.299 e. The van der Waals surface area contributed by atoms with Gasteiger partial charge in [0.1, 0.15) is 35.3 Å². The molecule has 0 aliphatic rings. The summed E-state index contributed by atoms with van der Waals surface area (Å²) >= 11 is 0. The Morgan fingerprint density at radius 2 is 0.349 bits per heavy atom. The minimum atomic E-state index is -1.37. The highest BCUT2D eigenvalue weighted by Gasteiger charge is 2.40. The average Bonchev–Trinajstić information content (AvgIpc) is 0.809. The van der Waals surface area contributed by atoms with Gasteiger partial charge in [0.2, 0.25) is 23.6 Å². The molecule has 8 aromatic rings. The van der Waals surface area contributed by atoms with Crippen LogP contribution in [0.25, 0.3) is 0 Å². The van der Waals surface area contributed by atoms with Crippen molar-refractivity contribution in [2.24, 2.45) is 0 Å². The molecule has 4 atom stereocenters.